The van der Waals surface area contributed by atoms with Crippen molar-refractivity contribution in [2.75, 3.05) is 7.11 Å². The molecule has 0 fully saturated rings. The second-order valence-electron chi connectivity index (χ2n) is 5.65. The SMILES string of the molecule is COc1ccccc1[C@H](O[Si](C)(C)C)[C@@H]1C=CC(=O)O1. The Hall–Kier alpha value is -1.59. The normalized spacial score (nSPS) is 19.8. The van der Waals surface area contributed by atoms with E-state index in [-0.39, 0.29) is 12.1 Å². The van der Waals surface area contributed by atoms with Crippen molar-refractivity contribution in [3.8, 4) is 5.75 Å². The first-order valence-electron chi connectivity index (χ1n) is 6.60. The molecule has 4 nitrogen and oxygen atoms in total. The predicted molar refractivity (Wildman–Crippen MR) is 79.2 cm³/mol. The number of benzene rings is 1. The summed E-state index contributed by atoms with van der Waals surface area (Å²) < 4.78 is 16.9. The highest BCUT2D eigenvalue weighted by atomic mass is 28.4. The highest BCUT2D eigenvalue weighted by molar-refractivity contribution is 6.69. The molecular weight excluding hydrogens is 272 g/mol. The highest BCUT2D eigenvalue weighted by Gasteiger charge is 2.34. The average Bonchev–Trinajstić information content (AvgIpc) is 2.81. The first-order valence-corrected chi connectivity index (χ1v) is 10.0. The van der Waals surface area contributed by atoms with Crippen molar-refractivity contribution in [2.24, 2.45) is 0 Å². The standard InChI is InChI=1S/C15H20O4Si/c1-17-12-8-6-5-7-11(12)15(19-20(2,3)4)13-9-10-14(16)18-13/h5-10,13,15H,1-4H3/t13-,15-/m0/s1. The van der Waals surface area contributed by atoms with Crippen molar-refractivity contribution in [3.05, 3.63) is 42.0 Å². The van der Waals surface area contributed by atoms with Crippen molar-refractivity contribution in [2.45, 2.75) is 31.8 Å². The fraction of sp³-hybridized carbons (Fsp3) is 0.400. The zero-order chi connectivity index (χ0) is 14.8. The van der Waals surface area contributed by atoms with E-state index in [1.54, 1.807) is 13.2 Å². The van der Waals surface area contributed by atoms with Gasteiger partial charge in [0.25, 0.3) is 0 Å². The van der Waals surface area contributed by atoms with Crippen molar-refractivity contribution in [3.63, 3.8) is 0 Å². The first kappa shape index (κ1) is 14.8. The van der Waals surface area contributed by atoms with Crippen LogP contribution < -0.4 is 4.74 Å². The van der Waals surface area contributed by atoms with Crippen LogP contribution in [0.1, 0.15) is 11.7 Å². The molecule has 0 N–H and O–H groups in total. The number of hydrogen-bond acceptors (Lipinski definition) is 4. The molecule has 0 bridgehead atoms. The molecule has 0 radical (unpaired) electrons. The lowest BCUT2D eigenvalue weighted by atomic mass is 10.0. The van der Waals surface area contributed by atoms with Gasteiger partial charge in [-0.2, -0.15) is 0 Å². The minimum absolute atomic E-state index is 0.325. The average molecular weight is 292 g/mol. The number of rotatable bonds is 5. The van der Waals surface area contributed by atoms with Crippen LogP contribution in [0.15, 0.2) is 36.4 Å². The second kappa shape index (κ2) is 5.81. The van der Waals surface area contributed by atoms with Gasteiger partial charge in [0, 0.05) is 11.6 Å². The molecule has 0 aliphatic carbocycles. The van der Waals surface area contributed by atoms with Gasteiger partial charge >= 0.3 is 5.97 Å². The van der Waals surface area contributed by atoms with E-state index in [9.17, 15) is 4.79 Å². The van der Waals surface area contributed by atoms with Gasteiger partial charge in [0.1, 0.15) is 11.9 Å². The van der Waals surface area contributed by atoms with E-state index in [0.29, 0.717) is 0 Å². The van der Waals surface area contributed by atoms with Gasteiger partial charge in [-0.3, -0.25) is 0 Å². The van der Waals surface area contributed by atoms with Crippen molar-refractivity contribution >= 4 is 14.3 Å². The minimum Gasteiger partial charge on any atom is -0.496 e. The Morgan fingerprint density at radius 3 is 2.50 bits per heavy atom. The number of ether oxygens (including phenoxy) is 2. The fourth-order valence-corrected chi connectivity index (χ4v) is 3.16. The summed E-state index contributed by atoms with van der Waals surface area (Å²) in [6.45, 7) is 6.32. The van der Waals surface area contributed by atoms with Gasteiger partial charge < -0.3 is 13.9 Å². The lowest BCUT2D eigenvalue weighted by Crippen LogP contribution is -2.33. The number of cyclic esters (lactones) is 1. The Balaban J connectivity index is 2.35. The van der Waals surface area contributed by atoms with Gasteiger partial charge in [0.2, 0.25) is 0 Å². The maximum Gasteiger partial charge on any atom is 0.331 e. The van der Waals surface area contributed by atoms with Crippen LogP contribution in [-0.4, -0.2) is 27.5 Å². The largest absolute Gasteiger partial charge is 0.496 e. The molecule has 1 aromatic rings. The molecule has 0 saturated heterocycles. The molecule has 0 amide bonds. The van der Waals surface area contributed by atoms with E-state index in [0.717, 1.165) is 11.3 Å². The molecule has 2 rings (SSSR count). The molecular formula is C15H20O4Si. The third-order valence-electron chi connectivity index (χ3n) is 2.90. The summed E-state index contributed by atoms with van der Waals surface area (Å²) in [5.41, 5.74) is 0.904. The maximum atomic E-state index is 11.3. The van der Waals surface area contributed by atoms with Crippen LogP contribution in [0.5, 0.6) is 5.75 Å². The molecule has 1 heterocycles. The monoisotopic (exact) mass is 292 g/mol. The van der Waals surface area contributed by atoms with Gasteiger partial charge in [-0.1, -0.05) is 18.2 Å². The fourth-order valence-electron chi connectivity index (χ4n) is 2.14. The van der Waals surface area contributed by atoms with Crippen molar-refractivity contribution < 1.29 is 18.7 Å². The summed E-state index contributed by atoms with van der Waals surface area (Å²) in [6.07, 6.45) is 2.46. The van der Waals surface area contributed by atoms with Crippen LogP contribution in [0.4, 0.5) is 0 Å². The van der Waals surface area contributed by atoms with E-state index < -0.39 is 14.4 Å². The number of methoxy groups -OCH3 is 1. The summed E-state index contributed by atoms with van der Waals surface area (Å²) in [6, 6.07) is 7.67. The molecule has 1 aliphatic heterocycles. The van der Waals surface area contributed by atoms with Crippen LogP contribution in [-0.2, 0) is 14.0 Å². The van der Waals surface area contributed by atoms with E-state index >= 15 is 0 Å². The van der Waals surface area contributed by atoms with Crippen molar-refractivity contribution in [1.82, 2.24) is 0 Å². The van der Waals surface area contributed by atoms with E-state index in [4.69, 9.17) is 13.9 Å². The summed E-state index contributed by atoms with van der Waals surface area (Å²) >= 11 is 0. The number of esters is 1. The van der Waals surface area contributed by atoms with Crippen LogP contribution in [0, 0.1) is 0 Å². The van der Waals surface area contributed by atoms with Gasteiger partial charge in [-0.05, 0) is 31.8 Å². The summed E-state index contributed by atoms with van der Waals surface area (Å²) in [5, 5.41) is 0. The zero-order valence-corrected chi connectivity index (χ0v) is 13.3. The number of hydrogen-bond donors (Lipinski definition) is 0. The lowest BCUT2D eigenvalue weighted by Gasteiger charge is -2.30. The maximum absolute atomic E-state index is 11.3. The Bertz CT molecular complexity index is 519. The predicted octanol–water partition coefficient (Wildman–Crippen LogP) is 3.07. The first-order chi connectivity index (χ1) is 9.40. The topological polar surface area (TPSA) is 44.8 Å². The van der Waals surface area contributed by atoms with Gasteiger partial charge in [0.15, 0.2) is 14.4 Å². The number of carbonyl (C=O) groups excluding carboxylic acids is 1. The quantitative estimate of drug-likeness (QED) is 0.618. The van der Waals surface area contributed by atoms with Crippen LogP contribution >= 0.6 is 0 Å². The Kier molecular flexibility index (Phi) is 4.30. The molecule has 0 spiro atoms. The molecule has 1 aromatic carbocycles. The van der Waals surface area contributed by atoms with Crippen molar-refractivity contribution in [1.29, 1.82) is 0 Å². The highest BCUT2D eigenvalue weighted by Crippen LogP contribution is 2.35. The third kappa shape index (κ3) is 3.49. The van der Waals surface area contributed by atoms with Gasteiger partial charge in [0.05, 0.1) is 7.11 Å². The van der Waals surface area contributed by atoms with E-state index in [1.807, 2.05) is 24.3 Å². The molecule has 108 valence electrons. The molecule has 20 heavy (non-hydrogen) atoms. The second-order valence-corrected chi connectivity index (χ2v) is 10.1. The molecule has 2 atom stereocenters. The summed E-state index contributed by atoms with van der Waals surface area (Å²) in [7, 11) is -0.183. The summed E-state index contributed by atoms with van der Waals surface area (Å²) in [5.74, 6) is 0.418. The van der Waals surface area contributed by atoms with E-state index in [1.165, 1.54) is 6.08 Å². The smallest absolute Gasteiger partial charge is 0.331 e. The number of carbonyl (C=O) groups is 1. The summed E-state index contributed by atoms with van der Waals surface area (Å²) in [4.78, 5) is 11.3. The van der Waals surface area contributed by atoms with E-state index in [2.05, 4.69) is 19.6 Å². The zero-order valence-electron chi connectivity index (χ0n) is 12.3. The Morgan fingerprint density at radius 2 is 1.95 bits per heavy atom. The molecule has 1 aliphatic rings. The van der Waals surface area contributed by atoms with Gasteiger partial charge in [-0.15, -0.1) is 0 Å². The third-order valence-corrected chi connectivity index (χ3v) is 3.86. The van der Waals surface area contributed by atoms with Crippen LogP contribution in [0.3, 0.4) is 0 Å². The Labute approximate surface area is 120 Å². The number of para-hydroxylation sites is 1. The minimum atomic E-state index is -1.81. The Morgan fingerprint density at radius 1 is 1.25 bits per heavy atom. The van der Waals surface area contributed by atoms with Crippen LogP contribution in [0.2, 0.25) is 19.6 Å². The molecule has 5 heteroatoms. The molecule has 0 aromatic heterocycles. The van der Waals surface area contributed by atoms with Crippen LogP contribution in [0.25, 0.3) is 0 Å². The lowest BCUT2D eigenvalue weighted by molar-refractivity contribution is -0.142. The molecule has 0 unspecified atom stereocenters. The molecule has 0 saturated carbocycles. The van der Waals surface area contributed by atoms with Gasteiger partial charge in [-0.25, -0.2) is 4.79 Å².